The summed E-state index contributed by atoms with van der Waals surface area (Å²) < 4.78 is 0.943. The van der Waals surface area contributed by atoms with Crippen LogP contribution >= 0.6 is 15.9 Å². The Bertz CT molecular complexity index is 634. The molecular formula is C15H19BrN4O. The molecule has 1 aliphatic heterocycles. The summed E-state index contributed by atoms with van der Waals surface area (Å²) in [7, 11) is 0. The molecule has 21 heavy (non-hydrogen) atoms. The van der Waals surface area contributed by atoms with Gasteiger partial charge in [-0.3, -0.25) is 9.89 Å². The van der Waals surface area contributed by atoms with Crippen LogP contribution in [0.1, 0.15) is 29.8 Å². The monoisotopic (exact) mass is 350 g/mol. The molecule has 0 radical (unpaired) electrons. The first-order valence-electron chi connectivity index (χ1n) is 7.36. The Hall–Kier alpha value is -1.40. The Morgan fingerprint density at radius 3 is 3.19 bits per heavy atom. The topological polar surface area (TPSA) is 69.8 Å². The number of aromatic nitrogens is 2. The van der Waals surface area contributed by atoms with E-state index in [0.717, 1.165) is 34.9 Å². The number of H-pyrrole nitrogens is 1. The number of amides is 1. The maximum atomic E-state index is 12.2. The second kappa shape index (κ2) is 6.58. The number of benzene rings is 1. The molecule has 1 aromatic carbocycles. The minimum Gasteiger partial charge on any atom is -0.351 e. The SMILES string of the molecule is O=C(NCCC1CCCNC1)c1n[nH]c2ccc(Br)cc12. The average Bonchev–Trinajstić information content (AvgIpc) is 2.91. The Kier molecular flexibility index (Phi) is 4.55. The largest absolute Gasteiger partial charge is 0.351 e. The lowest BCUT2D eigenvalue weighted by Gasteiger charge is -2.22. The fraction of sp³-hybridized carbons (Fsp3) is 0.467. The van der Waals surface area contributed by atoms with Gasteiger partial charge in [0.05, 0.1) is 5.52 Å². The maximum Gasteiger partial charge on any atom is 0.272 e. The third kappa shape index (κ3) is 3.44. The van der Waals surface area contributed by atoms with E-state index in [-0.39, 0.29) is 5.91 Å². The van der Waals surface area contributed by atoms with Crippen molar-refractivity contribution in [2.75, 3.05) is 19.6 Å². The molecule has 0 saturated carbocycles. The number of nitrogens with one attached hydrogen (secondary N) is 3. The van der Waals surface area contributed by atoms with Crippen LogP contribution in [0.15, 0.2) is 22.7 Å². The normalized spacial score (nSPS) is 18.8. The number of halogens is 1. The van der Waals surface area contributed by atoms with Crippen molar-refractivity contribution in [2.45, 2.75) is 19.3 Å². The van der Waals surface area contributed by atoms with Crippen LogP contribution in [0.2, 0.25) is 0 Å². The minimum atomic E-state index is -0.108. The highest BCUT2D eigenvalue weighted by Crippen LogP contribution is 2.21. The van der Waals surface area contributed by atoms with Crippen molar-refractivity contribution < 1.29 is 4.79 Å². The van der Waals surface area contributed by atoms with Crippen LogP contribution in [0.3, 0.4) is 0 Å². The molecule has 1 amide bonds. The van der Waals surface area contributed by atoms with E-state index in [2.05, 4.69) is 36.8 Å². The number of aromatic amines is 1. The molecule has 6 heteroatoms. The average molecular weight is 351 g/mol. The fourth-order valence-corrected chi connectivity index (χ4v) is 3.16. The molecule has 1 aromatic heterocycles. The van der Waals surface area contributed by atoms with Gasteiger partial charge in [-0.25, -0.2) is 0 Å². The molecule has 3 N–H and O–H groups in total. The van der Waals surface area contributed by atoms with Crippen molar-refractivity contribution >= 4 is 32.7 Å². The molecule has 5 nitrogen and oxygen atoms in total. The molecule has 1 aliphatic rings. The van der Waals surface area contributed by atoms with Gasteiger partial charge in [0.25, 0.3) is 5.91 Å². The molecule has 1 atom stereocenters. The molecule has 2 heterocycles. The number of hydrogen-bond donors (Lipinski definition) is 3. The number of fused-ring (bicyclic) bond motifs is 1. The van der Waals surface area contributed by atoms with Gasteiger partial charge >= 0.3 is 0 Å². The van der Waals surface area contributed by atoms with Gasteiger partial charge in [0.2, 0.25) is 0 Å². The second-order valence-corrected chi connectivity index (χ2v) is 6.43. The van der Waals surface area contributed by atoms with Gasteiger partial charge in [-0.2, -0.15) is 5.10 Å². The van der Waals surface area contributed by atoms with Crippen molar-refractivity contribution in [2.24, 2.45) is 5.92 Å². The summed E-state index contributed by atoms with van der Waals surface area (Å²) >= 11 is 3.42. The van der Waals surface area contributed by atoms with Gasteiger partial charge in [0, 0.05) is 16.4 Å². The number of hydrogen-bond acceptors (Lipinski definition) is 3. The van der Waals surface area contributed by atoms with Gasteiger partial charge in [-0.15, -0.1) is 0 Å². The van der Waals surface area contributed by atoms with E-state index in [0.29, 0.717) is 18.2 Å². The Labute approximate surface area is 132 Å². The molecule has 3 rings (SSSR count). The maximum absolute atomic E-state index is 12.2. The Balaban J connectivity index is 1.60. The predicted octanol–water partition coefficient (Wildman–Crippen LogP) is 2.44. The zero-order valence-corrected chi connectivity index (χ0v) is 13.4. The van der Waals surface area contributed by atoms with Crippen LogP contribution in [0, 0.1) is 5.92 Å². The van der Waals surface area contributed by atoms with Crippen molar-refractivity contribution in [3.63, 3.8) is 0 Å². The van der Waals surface area contributed by atoms with Crippen LogP contribution in [0.4, 0.5) is 0 Å². The van der Waals surface area contributed by atoms with Gasteiger partial charge in [-0.05, 0) is 56.5 Å². The lowest BCUT2D eigenvalue weighted by Crippen LogP contribution is -2.33. The summed E-state index contributed by atoms with van der Waals surface area (Å²) in [5, 5.41) is 14.2. The molecule has 0 bridgehead atoms. The van der Waals surface area contributed by atoms with Gasteiger partial charge in [0.1, 0.15) is 0 Å². The van der Waals surface area contributed by atoms with Crippen LogP contribution in [0.5, 0.6) is 0 Å². The molecule has 1 saturated heterocycles. The number of carbonyl (C=O) groups excluding carboxylic acids is 1. The van der Waals surface area contributed by atoms with Crippen molar-refractivity contribution in [1.29, 1.82) is 0 Å². The highest BCUT2D eigenvalue weighted by Gasteiger charge is 2.16. The first kappa shape index (κ1) is 14.5. The summed E-state index contributed by atoms with van der Waals surface area (Å²) in [6, 6.07) is 5.76. The van der Waals surface area contributed by atoms with Crippen LogP contribution < -0.4 is 10.6 Å². The third-order valence-corrected chi connectivity index (χ3v) is 4.47. The fourth-order valence-electron chi connectivity index (χ4n) is 2.80. The first-order chi connectivity index (χ1) is 10.2. The number of carbonyl (C=O) groups is 1. The Morgan fingerprint density at radius 2 is 2.38 bits per heavy atom. The van der Waals surface area contributed by atoms with Crippen LogP contribution in [-0.2, 0) is 0 Å². The zero-order valence-electron chi connectivity index (χ0n) is 11.8. The quantitative estimate of drug-likeness (QED) is 0.793. The van der Waals surface area contributed by atoms with E-state index in [1.54, 1.807) is 0 Å². The lowest BCUT2D eigenvalue weighted by atomic mass is 9.96. The Morgan fingerprint density at radius 1 is 1.48 bits per heavy atom. The zero-order chi connectivity index (χ0) is 14.7. The third-order valence-electron chi connectivity index (χ3n) is 3.98. The van der Waals surface area contributed by atoms with Gasteiger partial charge in [0.15, 0.2) is 5.69 Å². The minimum absolute atomic E-state index is 0.108. The van der Waals surface area contributed by atoms with Crippen LogP contribution in [-0.4, -0.2) is 35.7 Å². The highest BCUT2D eigenvalue weighted by atomic mass is 79.9. The van der Waals surface area contributed by atoms with Crippen molar-refractivity contribution in [3.05, 3.63) is 28.4 Å². The van der Waals surface area contributed by atoms with E-state index in [1.807, 2.05) is 18.2 Å². The smallest absolute Gasteiger partial charge is 0.272 e. The lowest BCUT2D eigenvalue weighted by molar-refractivity contribution is 0.0947. The summed E-state index contributed by atoms with van der Waals surface area (Å²) in [6.07, 6.45) is 3.50. The molecule has 2 aromatic rings. The first-order valence-corrected chi connectivity index (χ1v) is 8.16. The molecule has 0 spiro atoms. The molecule has 112 valence electrons. The van der Waals surface area contributed by atoms with E-state index >= 15 is 0 Å². The molecule has 0 aliphatic carbocycles. The van der Waals surface area contributed by atoms with E-state index in [1.165, 1.54) is 12.8 Å². The van der Waals surface area contributed by atoms with Gasteiger partial charge in [-0.1, -0.05) is 15.9 Å². The summed E-state index contributed by atoms with van der Waals surface area (Å²) in [4.78, 5) is 12.2. The van der Waals surface area contributed by atoms with E-state index in [4.69, 9.17) is 0 Å². The highest BCUT2D eigenvalue weighted by molar-refractivity contribution is 9.10. The van der Waals surface area contributed by atoms with Crippen LogP contribution in [0.25, 0.3) is 10.9 Å². The van der Waals surface area contributed by atoms with Crippen molar-refractivity contribution in [1.82, 2.24) is 20.8 Å². The standard InChI is InChI=1S/C15H19BrN4O/c16-11-3-4-13-12(8-11)14(20-19-13)15(21)18-7-5-10-2-1-6-17-9-10/h3-4,8,10,17H,1-2,5-7,9H2,(H,18,21)(H,19,20). The predicted molar refractivity (Wildman–Crippen MR) is 86.3 cm³/mol. The number of piperidine rings is 1. The number of nitrogens with zero attached hydrogens (tertiary/aromatic N) is 1. The summed E-state index contributed by atoms with van der Waals surface area (Å²) in [5.74, 6) is 0.562. The summed E-state index contributed by atoms with van der Waals surface area (Å²) in [6.45, 7) is 2.89. The number of rotatable bonds is 4. The molecule has 1 fully saturated rings. The van der Waals surface area contributed by atoms with Crippen molar-refractivity contribution in [3.8, 4) is 0 Å². The summed E-state index contributed by atoms with van der Waals surface area (Å²) in [5.41, 5.74) is 1.34. The molecular weight excluding hydrogens is 332 g/mol. The van der Waals surface area contributed by atoms with E-state index < -0.39 is 0 Å². The molecule has 1 unspecified atom stereocenters. The van der Waals surface area contributed by atoms with E-state index in [9.17, 15) is 4.79 Å². The van der Waals surface area contributed by atoms with Gasteiger partial charge < -0.3 is 10.6 Å². The second-order valence-electron chi connectivity index (χ2n) is 5.52.